The number of piperidine rings is 1. The zero-order valence-electron chi connectivity index (χ0n) is 13.2. The minimum atomic E-state index is -3.87. The molecular weight excluding hydrogens is 316 g/mol. The van der Waals surface area contributed by atoms with Gasteiger partial charge in [-0.15, -0.1) is 0 Å². The second-order valence-electron chi connectivity index (χ2n) is 6.60. The highest BCUT2D eigenvalue weighted by Crippen LogP contribution is 2.41. The minimum absolute atomic E-state index is 0.0164. The Hall–Kier alpha value is -1.47. The third-order valence-electron chi connectivity index (χ3n) is 5.20. The third kappa shape index (κ3) is 2.87. The summed E-state index contributed by atoms with van der Waals surface area (Å²) < 4.78 is 28.0. The molecule has 3 atom stereocenters. The average Bonchev–Trinajstić information content (AvgIpc) is 2.54. The molecular formula is C16H22N2O4S. The van der Waals surface area contributed by atoms with Crippen molar-refractivity contribution in [3.05, 3.63) is 34.4 Å². The number of sulfonamides is 1. The molecule has 1 aromatic carbocycles. The quantitative estimate of drug-likeness (QED) is 0.625. The second kappa shape index (κ2) is 6.20. The summed E-state index contributed by atoms with van der Waals surface area (Å²) in [4.78, 5) is 10.4. The molecule has 1 heterocycles. The van der Waals surface area contributed by atoms with E-state index < -0.39 is 14.9 Å². The van der Waals surface area contributed by atoms with Crippen molar-refractivity contribution < 1.29 is 13.3 Å². The van der Waals surface area contributed by atoms with Crippen LogP contribution in [0.25, 0.3) is 0 Å². The molecule has 23 heavy (non-hydrogen) atoms. The zero-order chi connectivity index (χ0) is 16.6. The molecule has 0 spiro atoms. The number of nitrogens with zero attached hydrogens (tertiary/aromatic N) is 2. The highest BCUT2D eigenvalue weighted by Gasteiger charge is 2.45. The predicted octanol–water partition coefficient (Wildman–Crippen LogP) is 3.33. The largest absolute Gasteiger partial charge is 0.289 e. The van der Waals surface area contributed by atoms with E-state index in [9.17, 15) is 18.5 Å². The molecule has 1 aromatic rings. The Morgan fingerprint density at radius 1 is 1.13 bits per heavy atom. The summed E-state index contributed by atoms with van der Waals surface area (Å²) in [6.07, 6.45) is 5.95. The van der Waals surface area contributed by atoms with Gasteiger partial charge in [0.25, 0.3) is 5.69 Å². The first-order valence-corrected chi connectivity index (χ1v) is 9.64. The van der Waals surface area contributed by atoms with E-state index >= 15 is 0 Å². The van der Waals surface area contributed by atoms with Crippen LogP contribution in [0.5, 0.6) is 0 Å². The van der Waals surface area contributed by atoms with Crippen LogP contribution in [0.1, 0.15) is 45.4 Å². The topological polar surface area (TPSA) is 80.5 Å². The van der Waals surface area contributed by atoms with Crippen LogP contribution < -0.4 is 0 Å². The van der Waals surface area contributed by atoms with Crippen LogP contribution in [-0.2, 0) is 10.0 Å². The van der Waals surface area contributed by atoms with Crippen molar-refractivity contribution in [1.29, 1.82) is 0 Å². The van der Waals surface area contributed by atoms with Crippen molar-refractivity contribution in [3.8, 4) is 0 Å². The SMILES string of the molecule is CC1CCC2CCCCC2N1S(=O)(=O)c1ccccc1[N+](=O)[O-]. The Balaban J connectivity index is 2.05. The lowest BCUT2D eigenvalue weighted by molar-refractivity contribution is -0.387. The summed E-state index contributed by atoms with van der Waals surface area (Å²) in [5, 5.41) is 11.2. The first-order chi connectivity index (χ1) is 10.9. The molecule has 0 aromatic heterocycles. The van der Waals surface area contributed by atoms with Gasteiger partial charge in [-0.05, 0) is 44.6 Å². The van der Waals surface area contributed by atoms with Crippen molar-refractivity contribution >= 4 is 15.7 Å². The predicted molar refractivity (Wildman–Crippen MR) is 86.6 cm³/mol. The van der Waals surface area contributed by atoms with E-state index in [1.54, 1.807) is 10.4 Å². The molecule has 6 nitrogen and oxygen atoms in total. The highest BCUT2D eigenvalue weighted by molar-refractivity contribution is 7.89. The van der Waals surface area contributed by atoms with Crippen LogP contribution in [0, 0.1) is 16.0 Å². The fraction of sp³-hybridized carbons (Fsp3) is 0.625. The molecule has 0 bridgehead atoms. The number of fused-ring (bicyclic) bond motifs is 1. The van der Waals surface area contributed by atoms with Gasteiger partial charge >= 0.3 is 0 Å². The van der Waals surface area contributed by atoms with Gasteiger partial charge in [0.2, 0.25) is 10.0 Å². The summed E-state index contributed by atoms with van der Waals surface area (Å²) in [6.45, 7) is 1.91. The lowest BCUT2D eigenvalue weighted by Crippen LogP contribution is -2.53. The first-order valence-electron chi connectivity index (χ1n) is 8.20. The number of hydrogen-bond donors (Lipinski definition) is 0. The molecule has 2 aliphatic rings. The lowest BCUT2D eigenvalue weighted by atomic mass is 9.78. The molecule has 0 amide bonds. The Morgan fingerprint density at radius 3 is 2.57 bits per heavy atom. The fourth-order valence-corrected chi connectivity index (χ4v) is 6.22. The number of hydrogen-bond acceptors (Lipinski definition) is 4. The molecule has 126 valence electrons. The van der Waals surface area contributed by atoms with Crippen LogP contribution in [0.15, 0.2) is 29.2 Å². The standard InChI is InChI=1S/C16H22N2O4S/c1-12-10-11-13-6-2-3-7-14(13)17(12)23(21,22)16-9-5-4-8-15(16)18(19)20/h4-5,8-9,12-14H,2-3,6-7,10-11H2,1H3. The van der Waals surface area contributed by atoms with Gasteiger partial charge in [-0.1, -0.05) is 25.0 Å². The number of nitro benzene ring substituents is 1. The number of para-hydroxylation sites is 1. The van der Waals surface area contributed by atoms with E-state index in [1.807, 2.05) is 6.92 Å². The monoisotopic (exact) mass is 338 g/mol. The van der Waals surface area contributed by atoms with Gasteiger partial charge in [-0.2, -0.15) is 4.31 Å². The summed E-state index contributed by atoms with van der Waals surface area (Å²) in [5.41, 5.74) is -0.336. The molecule has 1 saturated carbocycles. The van der Waals surface area contributed by atoms with Crippen LogP contribution in [0.4, 0.5) is 5.69 Å². The molecule has 1 aliphatic heterocycles. The van der Waals surface area contributed by atoms with Crippen LogP contribution in [-0.4, -0.2) is 29.7 Å². The van der Waals surface area contributed by atoms with Crippen molar-refractivity contribution in [2.75, 3.05) is 0 Å². The summed E-state index contributed by atoms with van der Waals surface area (Å²) >= 11 is 0. The number of benzene rings is 1. The van der Waals surface area contributed by atoms with Crippen LogP contribution in [0.3, 0.4) is 0 Å². The third-order valence-corrected chi connectivity index (χ3v) is 7.29. The number of nitro groups is 1. The van der Waals surface area contributed by atoms with E-state index in [-0.39, 0.29) is 22.7 Å². The van der Waals surface area contributed by atoms with E-state index in [0.717, 1.165) is 38.5 Å². The maximum atomic E-state index is 13.2. The van der Waals surface area contributed by atoms with Crippen LogP contribution >= 0.6 is 0 Å². The molecule has 7 heteroatoms. The zero-order valence-corrected chi connectivity index (χ0v) is 14.0. The van der Waals surface area contributed by atoms with E-state index in [4.69, 9.17) is 0 Å². The Kier molecular flexibility index (Phi) is 4.42. The lowest BCUT2D eigenvalue weighted by Gasteiger charge is -2.46. The number of rotatable bonds is 3. The van der Waals surface area contributed by atoms with Crippen molar-refractivity contribution in [2.45, 2.75) is 62.4 Å². The maximum Gasteiger partial charge on any atom is 0.289 e. The summed E-state index contributed by atoms with van der Waals surface area (Å²) in [6, 6.07) is 5.54. The van der Waals surface area contributed by atoms with Gasteiger partial charge in [0.05, 0.1) is 4.92 Å². The minimum Gasteiger partial charge on any atom is -0.258 e. The van der Waals surface area contributed by atoms with Gasteiger partial charge in [0.1, 0.15) is 0 Å². The summed E-state index contributed by atoms with van der Waals surface area (Å²) in [7, 11) is -3.87. The van der Waals surface area contributed by atoms with E-state index in [2.05, 4.69) is 0 Å². The summed E-state index contributed by atoms with van der Waals surface area (Å²) in [5.74, 6) is 0.387. The maximum absolute atomic E-state index is 13.2. The Morgan fingerprint density at radius 2 is 1.83 bits per heavy atom. The molecule has 0 N–H and O–H groups in total. The molecule has 0 radical (unpaired) electrons. The molecule has 3 unspecified atom stereocenters. The fourth-order valence-electron chi connectivity index (χ4n) is 4.12. The first kappa shape index (κ1) is 16.4. The average molecular weight is 338 g/mol. The van der Waals surface area contributed by atoms with Gasteiger partial charge in [-0.3, -0.25) is 10.1 Å². The molecule has 1 aliphatic carbocycles. The van der Waals surface area contributed by atoms with Gasteiger partial charge in [-0.25, -0.2) is 8.42 Å². The molecule has 2 fully saturated rings. The van der Waals surface area contributed by atoms with Gasteiger partial charge < -0.3 is 0 Å². The van der Waals surface area contributed by atoms with Crippen molar-refractivity contribution in [2.24, 2.45) is 5.92 Å². The molecule has 1 saturated heterocycles. The van der Waals surface area contributed by atoms with Gasteiger partial charge in [0, 0.05) is 18.2 Å². The normalized spacial score (nSPS) is 29.0. The van der Waals surface area contributed by atoms with Crippen LogP contribution in [0.2, 0.25) is 0 Å². The Labute approximate surface area is 136 Å². The van der Waals surface area contributed by atoms with E-state index in [0.29, 0.717) is 5.92 Å². The van der Waals surface area contributed by atoms with Crippen molar-refractivity contribution in [3.63, 3.8) is 0 Å². The molecule has 3 rings (SSSR count). The Bertz CT molecular complexity index is 704. The highest BCUT2D eigenvalue weighted by atomic mass is 32.2. The second-order valence-corrected chi connectivity index (χ2v) is 8.41. The van der Waals surface area contributed by atoms with E-state index in [1.165, 1.54) is 18.2 Å². The smallest absolute Gasteiger partial charge is 0.258 e. The van der Waals surface area contributed by atoms with Gasteiger partial charge in [0.15, 0.2) is 4.90 Å². The van der Waals surface area contributed by atoms with Crippen molar-refractivity contribution in [1.82, 2.24) is 4.31 Å².